The van der Waals surface area contributed by atoms with E-state index in [1.807, 2.05) is 38.1 Å². The van der Waals surface area contributed by atoms with Gasteiger partial charge in [-0.1, -0.05) is 49.7 Å². The molecule has 0 aliphatic heterocycles. The van der Waals surface area contributed by atoms with Gasteiger partial charge in [0.2, 0.25) is 0 Å². The molecule has 1 amide bonds. The van der Waals surface area contributed by atoms with E-state index in [1.54, 1.807) is 0 Å². The van der Waals surface area contributed by atoms with Crippen molar-refractivity contribution in [2.75, 3.05) is 0 Å². The summed E-state index contributed by atoms with van der Waals surface area (Å²) in [7, 11) is 0. The van der Waals surface area contributed by atoms with E-state index < -0.39 is 6.10 Å². The molecule has 0 saturated carbocycles. The molecular weight excluding hydrogens is 310 g/mol. The van der Waals surface area contributed by atoms with Gasteiger partial charge in [0.1, 0.15) is 5.75 Å². The highest BCUT2D eigenvalue weighted by molar-refractivity contribution is 5.81. The summed E-state index contributed by atoms with van der Waals surface area (Å²) < 4.78 is 5.92. The summed E-state index contributed by atoms with van der Waals surface area (Å²) in [6.07, 6.45) is 0.987. The molecule has 0 radical (unpaired) electrons. The third-order valence-corrected chi connectivity index (χ3v) is 4.46. The second-order valence-electron chi connectivity index (χ2n) is 6.66. The first kappa shape index (κ1) is 19.0. The SMILES string of the molecule is CC[C@H](Oc1cccc(C)c1)C(=O)N[C@H](CC)c1ccc(C)cc1C. The van der Waals surface area contributed by atoms with Crippen LogP contribution in [0.3, 0.4) is 0 Å². The molecule has 3 nitrogen and oxygen atoms in total. The summed E-state index contributed by atoms with van der Waals surface area (Å²) in [6.45, 7) is 10.3. The van der Waals surface area contributed by atoms with Crippen LogP contribution in [0.4, 0.5) is 0 Å². The maximum Gasteiger partial charge on any atom is 0.261 e. The highest BCUT2D eigenvalue weighted by atomic mass is 16.5. The van der Waals surface area contributed by atoms with Crippen molar-refractivity contribution < 1.29 is 9.53 Å². The molecule has 3 heteroatoms. The molecule has 0 saturated heterocycles. The number of rotatable bonds is 7. The van der Waals surface area contributed by atoms with E-state index in [4.69, 9.17) is 4.74 Å². The summed E-state index contributed by atoms with van der Waals surface area (Å²) in [5, 5.41) is 3.17. The second-order valence-corrected chi connectivity index (χ2v) is 6.66. The van der Waals surface area contributed by atoms with E-state index in [0.29, 0.717) is 6.42 Å². The van der Waals surface area contributed by atoms with E-state index in [-0.39, 0.29) is 11.9 Å². The summed E-state index contributed by atoms with van der Waals surface area (Å²) in [5.41, 5.74) is 4.73. The molecular formula is C22H29NO2. The van der Waals surface area contributed by atoms with Crippen LogP contribution in [0.15, 0.2) is 42.5 Å². The lowest BCUT2D eigenvalue weighted by Gasteiger charge is -2.24. The van der Waals surface area contributed by atoms with E-state index >= 15 is 0 Å². The Labute approximate surface area is 151 Å². The van der Waals surface area contributed by atoms with Crippen LogP contribution in [0.5, 0.6) is 5.75 Å². The highest BCUT2D eigenvalue weighted by Crippen LogP contribution is 2.22. The molecule has 2 rings (SSSR count). The second kappa shape index (κ2) is 8.70. The van der Waals surface area contributed by atoms with Crippen LogP contribution < -0.4 is 10.1 Å². The van der Waals surface area contributed by atoms with Crippen molar-refractivity contribution in [2.24, 2.45) is 0 Å². The quantitative estimate of drug-likeness (QED) is 0.768. The molecule has 2 aromatic rings. The van der Waals surface area contributed by atoms with Crippen molar-refractivity contribution in [3.63, 3.8) is 0 Å². The summed E-state index contributed by atoms with van der Waals surface area (Å²) in [6, 6.07) is 14.2. The van der Waals surface area contributed by atoms with Gasteiger partial charge in [0.25, 0.3) is 5.91 Å². The molecule has 0 aliphatic carbocycles. The molecule has 134 valence electrons. The number of carbonyl (C=O) groups excluding carboxylic acids is 1. The van der Waals surface area contributed by atoms with Crippen LogP contribution in [-0.2, 0) is 4.79 Å². The Bertz CT molecular complexity index is 724. The first-order chi connectivity index (χ1) is 11.9. The number of ether oxygens (including phenoxy) is 1. The summed E-state index contributed by atoms with van der Waals surface area (Å²) in [5.74, 6) is 0.678. The van der Waals surface area contributed by atoms with Crippen LogP contribution in [0.25, 0.3) is 0 Å². The van der Waals surface area contributed by atoms with Gasteiger partial charge in [-0.05, 0) is 62.4 Å². The predicted molar refractivity (Wildman–Crippen MR) is 103 cm³/mol. The van der Waals surface area contributed by atoms with Crippen LogP contribution >= 0.6 is 0 Å². The maximum absolute atomic E-state index is 12.7. The van der Waals surface area contributed by atoms with Gasteiger partial charge in [-0.15, -0.1) is 0 Å². The molecule has 2 atom stereocenters. The van der Waals surface area contributed by atoms with Crippen LogP contribution in [0.2, 0.25) is 0 Å². The zero-order chi connectivity index (χ0) is 18.4. The van der Waals surface area contributed by atoms with Crippen molar-refractivity contribution in [2.45, 2.75) is 59.6 Å². The van der Waals surface area contributed by atoms with Crippen molar-refractivity contribution in [3.8, 4) is 5.75 Å². The predicted octanol–water partition coefficient (Wildman–Crippen LogP) is 5.04. The Morgan fingerprint density at radius 3 is 2.32 bits per heavy atom. The fourth-order valence-electron chi connectivity index (χ4n) is 3.06. The lowest BCUT2D eigenvalue weighted by Crippen LogP contribution is -2.40. The van der Waals surface area contributed by atoms with Gasteiger partial charge in [-0.3, -0.25) is 4.79 Å². The normalized spacial score (nSPS) is 13.2. The maximum atomic E-state index is 12.7. The number of hydrogen-bond acceptors (Lipinski definition) is 2. The number of benzene rings is 2. The van der Waals surface area contributed by atoms with Gasteiger partial charge < -0.3 is 10.1 Å². The van der Waals surface area contributed by atoms with E-state index in [9.17, 15) is 4.79 Å². The number of carbonyl (C=O) groups is 1. The molecule has 2 aromatic carbocycles. The minimum atomic E-state index is -0.485. The van der Waals surface area contributed by atoms with Crippen molar-refractivity contribution in [1.82, 2.24) is 5.32 Å². The zero-order valence-corrected chi connectivity index (χ0v) is 15.9. The van der Waals surface area contributed by atoms with Gasteiger partial charge in [0.15, 0.2) is 6.10 Å². The standard InChI is InChI=1S/C22H29NO2/c1-6-20(19-12-11-16(4)13-17(19)5)23-22(24)21(7-2)25-18-10-8-9-15(3)14-18/h8-14,20-21H,6-7H2,1-5H3,(H,23,24)/t20-,21+/m1/s1. The first-order valence-corrected chi connectivity index (χ1v) is 9.05. The van der Waals surface area contributed by atoms with Crippen molar-refractivity contribution in [1.29, 1.82) is 0 Å². The van der Waals surface area contributed by atoms with Gasteiger partial charge in [-0.25, -0.2) is 0 Å². The highest BCUT2D eigenvalue weighted by Gasteiger charge is 2.22. The van der Waals surface area contributed by atoms with Gasteiger partial charge in [0, 0.05) is 0 Å². The fraction of sp³-hybridized carbons (Fsp3) is 0.409. The molecule has 1 N–H and O–H groups in total. The monoisotopic (exact) mass is 339 g/mol. The Balaban J connectivity index is 2.11. The number of nitrogens with one attached hydrogen (secondary N) is 1. The van der Waals surface area contributed by atoms with Crippen molar-refractivity contribution in [3.05, 3.63) is 64.7 Å². The molecule has 0 spiro atoms. The minimum absolute atomic E-state index is 0.00302. The third-order valence-electron chi connectivity index (χ3n) is 4.46. The fourth-order valence-corrected chi connectivity index (χ4v) is 3.06. The summed E-state index contributed by atoms with van der Waals surface area (Å²) >= 11 is 0. The average Bonchev–Trinajstić information content (AvgIpc) is 2.58. The largest absolute Gasteiger partial charge is 0.481 e. The average molecular weight is 339 g/mol. The smallest absolute Gasteiger partial charge is 0.261 e. The minimum Gasteiger partial charge on any atom is -0.481 e. The number of aryl methyl sites for hydroxylation is 3. The molecule has 0 bridgehead atoms. The van der Waals surface area contributed by atoms with Crippen molar-refractivity contribution >= 4 is 5.91 Å². The molecule has 0 fully saturated rings. The van der Waals surface area contributed by atoms with Crippen LogP contribution in [0.1, 0.15) is 55.0 Å². The van der Waals surface area contributed by atoms with Gasteiger partial charge in [0.05, 0.1) is 6.04 Å². The Hall–Kier alpha value is -2.29. The molecule has 0 aromatic heterocycles. The van der Waals surface area contributed by atoms with Crippen LogP contribution in [-0.4, -0.2) is 12.0 Å². The van der Waals surface area contributed by atoms with Crippen LogP contribution in [0, 0.1) is 20.8 Å². The lowest BCUT2D eigenvalue weighted by molar-refractivity contribution is -0.128. The topological polar surface area (TPSA) is 38.3 Å². The van der Waals surface area contributed by atoms with Gasteiger partial charge >= 0.3 is 0 Å². The zero-order valence-electron chi connectivity index (χ0n) is 15.9. The Kier molecular flexibility index (Phi) is 6.63. The summed E-state index contributed by atoms with van der Waals surface area (Å²) in [4.78, 5) is 12.7. The Morgan fingerprint density at radius 1 is 1.00 bits per heavy atom. The van der Waals surface area contributed by atoms with E-state index in [0.717, 1.165) is 17.7 Å². The molecule has 25 heavy (non-hydrogen) atoms. The van der Waals surface area contributed by atoms with E-state index in [2.05, 4.69) is 44.3 Å². The lowest BCUT2D eigenvalue weighted by atomic mass is 9.97. The van der Waals surface area contributed by atoms with Gasteiger partial charge in [-0.2, -0.15) is 0 Å². The number of amides is 1. The third kappa shape index (κ3) is 5.09. The molecule has 0 unspecified atom stereocenters. The first-order valence-electron chi connectivity index (χ1n) is 9.05. The van der Waals surface area contributed by atoms with E-state index in [1.165, 1.54) is 16.7 Å². The molecule has 0 aliphatic rings. The molecule has 0 heterocycles. The Morgan fingerprint density at radius 2 is 1.72 bits per heavy atom. The number of hydrogen-bond donors (Lipinski definition) is 1.